The van der Waals surface area contributed by atoms with Gasteiger partial charge in [0.2, 0.25) is 0 Å². The molecule has 0 radical (unpaired) electrons. The number of fused-ring (bicyclic) bond motifs is 1. The minimum absolute atomic E-state index is 0.271. The van der Waals surface area contributed by atoms with Gasteiger partial charge < -0.3 is 5.73 Å². The molecule has 2 N–H and O–H groups in total. The summed E-state index contributed by atoms with van der Waals surface area (Å²) in [6.45, 7) is 2.12. The number of carbonyl (C=O) groups excluding carboxylic acids is 1. The van der Waals surface area contributed by atoms with Crippen LogP contribution in [-0.2, 0) is 4.79 Å². The van der Waals surface area contributed by atoms with Crippen LogP contribution in [0.2, 0.25) is 0 Å². The van der Waals surface area contributed by atoms with Crippen molar-refractivity contribution in [3.63, 3.8) is 0 Å². The van der Waals surface area contributed by atoms with Crippen molar-refractivity contribution in [3.05, 3.63) is 76.8 Å². The molecule has 0 spiro atoms. The molecule has 2 heterocycles. The number of aromatic nitrogens is 1. The van der Waals surface area contributed by atoms with Crippen LogP contribution in [0.3, 0.4) is 0 Å². The summed E-state index contributed by atoms with van der Waals surface area (Å²) < 4.78 is 0. The molecule has 1 aromatic heterocycles. The molecular weight excluding hydrogens is 410 g/mol. The smallest absolute Gasteiger partial charge is 0.286 e. The van der Waals surface area contributed by atoms with Gasteiger partial charge in [-0.15, -0.1) is 11.8 Å². The number of amidine groups is 1. The Kier molecular flexibility index (Phi) is 6.55. The Morgan fingerprint density at radius 2 is 1.97 bits per heavy atom. The summed E-state index contributed by atoms with van der Waals surface area (Å²) in [6, 6.07) is 18.7. The van der Waals surface area contributed by atoms with Crippen LogP contribution in [0, 0.1) is 0 Å². The molecule has 0 atom stereocenters. The highest BCUT2D eigenvalue weighted by Crippen LogP contribution is 2.39. The predicted molar refractivity (Wildman–Crippen MR) is 129 cm³/mol. The Morgan fingerprint density at radius 1 is 1.17 bits per heavy atom. The minimum atomic E-state index is -0.271. The van der Waals surface area contributed by atoms with Crippen molar-refractivity contribution in [1.82, 2.24) is 4.98 Å². The molecule has 1 saturated carbocycles. The minimum Gasteiger partial charge on any atom is -0.378 e. The summed E-state index contributed by atoms with van der Waals surface area (Å²) in [5, 5.41) is 1.40. The van der Waals surface area contributed by atoms with Gasteiger partial charge in [-0.1, -0.05) is 43.3 Å². The van der Waals surface area contributed by atoms with E-state index in [2.05, 4.69) is 53.3 Å². The Hall–Kier alpha value is -2.57. The number of rotatable bonds is 4. The molecule has 6 heteroatoms. The summed E-state index contributed by atoms with van der Waals surface area (Å²) in [5.74, 6) is 1.64. The second kappa shape index (κ2) is 9.49. The molecule has 1 aliphatic heterocycles. The third-order valence-corrected chi connectivity index (χ3v) is 6.58. The van der Waals surface area contributed by atoms with Gasteiger partial charge in [-0.2, -0.15) is 4.99 Å². The van der Waals surface area contributed by atoms with Crippen LogP contribution < -0.4 is 5.73 Å². The lowest BCUT2D eigenvalue weighted by Crippen LogP contribution is -2.01. The molecule has 1 amide bonds. The molecule has 2 aromatic carbocycles. The van der Waals surface area contributed by atoms with Gasteiger partial charge in [-0.05, 0) is 71.7 Å². The average molecular weight is 434 g/mol. The molecule has 1 fully saturated rings. The van der Waals surface area contributed by atoms with Crippen LogP contribution >= 0.6 is 23.5 Å². The van der Waals surface area contributed by atoms with Gasteiger partial charge in [0.15, 0.2) is 5.17 Å². The number of pyridine rings is 1. The third-order valence-electron chi connectivity index (χ3n) is 4.81. The van der Waals surface area contributed by atoms with Crippen LogP contribution in [0.25, 0.3) is 17.0 Å². The number of thioether (sulfide) groups is 2. The molecular formula is C24H23N3OS2. The summed E-state index contributed by atoms with van der Waals surface area (Å²) in [7, 11) is 0. The second-order valence-corrected chi connectivity index (χ2v) is 9.44. The Labute approximate surface area is 185 Å². The standard InChI is InChI=1S/C15H13N3OS2.C9H10/c1-2-20-12-5-6-17-11-4-3-9(7-10(11)12)8-13-14(19)18-15(16)21-13;1-2-4-8(5-3-1)9-6-7-9/h3-8H,2H2,1H3,(H2,16,18,19);1-5,9H,6-7H2/b13-8-;. The second-order valence-electron chi connectivity index (χ2n) is 7.07. The first-order chi connectivity index (χ1) is 14.6. The summed E-state index contributed by atoms with van der Waals surface area (Å²) in [6.07, 6.45) is 6.46. The highest BCUT2D eigenvalue weighted by Gasteiger charge is 2.22. The van der Waals surface area contributed by atoms with Crippen molar-refractivity contribution in [2.24, 2.45) is 10.7 Å². The van der Waals surface area contributed by atoms with Gasteiger partial charge in [-0.25, -0.2) is 0 Å². The number of hydrogen-bond acceptors (Lipinski definition) is 5. The van der Waals surface area contributed by atoms with Crippen molar-refractivity contribution in [1.29, 1.82) is 0 Å². The SMILES string of the molecule is CCSc1ccnc2ccc(/C=C3\SC(N)=NC3=O)cc12.c1ccc(C2CC2)cc1. The Bertz CT molecular complexity index is 1120. The topological polar surface area (TPSA) is 68.3 Å². The van der Waals surface area contributed by atoms with E-state index in [1.165, 1.54) is 35.1 Å². The van der Waals surface area contributed by atoms with Gasteiger partial charge in [0.05, 0.1) is 10.4 Å². The monoisotopic (exact) mass is 433 g/mol. The Balaban J connectivity index is 0.000000200. The number of amides is 1. The first-order valence-corrected chi connectivity index (χ1v) is 11.8. The number of benzene rings is 2. The lowest BCUT2D eigenvalue weighted by molar-refractivity contribution is -0.113. The summed E-state index contributed by atoms with van der Waals surface area (Å²) >= 11 is 2.99. The van der Waals surface area contributed by atoms with Crippen LogP contribution in [-0.4, -0.2) is 21.8 Å². The lowest BCUT2D eigenvalue weighted by atomic mass is 10.1. The van der Waals surface area contributed by atoms with E-state index in [4.69, 9.17) is 5.73 Å². The van der Waals surface area contributed by atoms with Crippen LogP contribution in [0.4, 0.5) is 0 Å². The summed E-state index contributed by atoms with van der Waals surface area (Å²) in [4.78, 5) is 21.5. The molecule has 2 aliphatic rings. The Morgan fingerprint density at radius 3 is 2.63 bits per heavy atom. The molecule has 3 aromatic rings. The largest absolute Gasteiger partial charge is 0.378 e. The third kappa shape index (κ3) is 5.12. The van der Waals surface area contributed by atoms with Crippen LogP contribution in [0.1, 0.15) is 36.8 Å². The van der Waals surface area contributed by atoms with Gasteiger partial charge in [0.1, 0.15) is 0 Å². The maximum Gasteiger partial charge on any atom is 0.286 e. The molecule has 4 nitrogen and oxygen atoms in total. The van der Waals surface area contributed by atoms with E-state index in [0.717, 1.165) is 28.1 Å². The van der Waals surface area contributed by atoms with E-state index in [-0.39, 0.29) is 5.91 Å². The molecule has 0 unspecified atom stereocenters. The van der Waals surface area contributed by atoms with E-state index < -0.39 is 0 Å². The summed E-state index contributed by atoms with van der Waals surface area (Å²) in [5.41, 5.74) is 9.00. The molecule has 5 rings (SSSR count). The fourth-order valence-corrected chi connectivity index (χ4v) is 4.70. The lowest BCUT2D eigenvalue weighted by Gasteiger charge is -2.05. The predicted octanol–water partition coefficient (Wildman–Crippen LogP) is 5.84. The zero-order chi connectivity index (χ0) is 20.9. The zero-order valence-electron chi connectivity index (χ0n) is 16.7. The normalized spacial score (nSPS) is 17.0. The van der Waals surface area contributed by atoms with Crippen LogP contribution in [0.15, 0.2) is 75.6 Å². The van der Waals surface area contributed by atoms with Crippen LogP contribution in [0.5, 0.6) is 0 Å². The van der Waals surface area contributed by atoms with Crippen molar-refractivity contribution in [3.8, 4) is 0 Å². The zero-order valence-corrected chi connectivity index (χ0v) is 18.4. The van der Waals surface area contributed by atoms with E-state index in [1.807, 2.05) is 30.5 Å². The fraction of sp³-hybridized carbons (Fsp3) is 0.208. The van der Waals surface area contributed by atoms with Gasteiger partial charge in [0, 0.05) is 16.5 Å². The number of aliphatic imine (C=N–C) groups is 1. The maximum absolute atomic E-state index is 11.6. The molecule has 0 bridgehead atoms. The van der Waals surface area contributed by atoms with Crippen molar-refractivity contribution >= 4 is 51.6 Å². The number of nitrogens with zero attached hydrogens (tertiary/aromatic N) is 2. The van der Waals surface area contributed by atoms with Gasteiger partial charge in [0.25, 0.3) is 5.91 Å². The first kappa shape index (κ1) is 20.7. The van der Waals surface area contributed by atoms with E-state index in [0.29, 0.717) is 10.1 Å². The number of carbonyl (C=O) groups is 1. The number of nitrogens with two attached hydrogens (primary N) is 1. The van der Waals surface area contributed by atoms with E-state index in [9.17, 15) is 4.79 Å². The van der Waals surface area contributed by atoms with Gasteiger partial charge in [-0.3, -0.25) is 9.78 Å². The highest BCUT2D eigenvalue weighted by atomic mass is 32.2. The quantitative estimate of drug-likeness (QED) is 0.413. The average Bonchev–Trinajstić information content (AvgIpc) is 3.56. The molecule has 30 heavy (non-hydrogen) atoms. The van der Waals surface area contributed by atoms with Crippen molar-refractivity contribution in [2.75, 3.05) is 5.75 Å². The van der Waals surface area contributed by atoms with Gasteiger partial charge >= 0.3 is 0 Å². The molecule has 0 saturated heterocycles. The van der Waals surface area contributed by atoms with E-state index >= 15 is 0 Å². The fourth-order valence-electron chi connectivity index (χ4n) is 3.23. The molecule has 1 aliphatic carbocycles. The first-order valence-electron chi connectivity index (χ1n) is 9.98. The van der Waals surface area contributed by atoms with E-state index in [1.54, 1.807) is 11.8 Å². The van der Waals surface area contributed by atoms with Crippen molar-refractivity contribution < 1.29 is 4.79 Å². The highest BCUT2D eigenvalue weighted by molar-refractivity contribution is 8.18. The maximum atomic E-state index is 11.6. The molecule has 152 valence electrons. The van der Waals surface area contributed by atoms with Crippen molar-refractivity contribution in [2.45, 2.75) is 30.6 Å². The number of hydrogen-bond donors (Lipinski definition) is 1.